The number of benzene rings is 1. The molecule has 0 bridgehead atoms. The number of hydrogen-bond acceptors (Lipinski definition) is 2. The predicted octanol–water partition coefficient (Wildman–Crippen LogP) is 2.93. The highest BCUT2D eigenvalue weighted by molar-refractivity contribution is 5.90. The maximum absolute atomic E-state index is 13.2. The van der Waals surface area contributed by atoms with Crippen LogP contribution in [0.5, 0.6) is 0 Å². The van der Waals surface area contributed by atoms with Gasteiger partial charge in [0.2, 0.25) is 11.8 Å². The lowest BCUT2D eigenvalue weighted by molar-refractivity contribution is -0.145. The predicted molar refractivity (Wildman–Crippen MR) is 97.1 cm³/mol. The van der Waals surface area contributed by atoms with Crippen LogP contribution in [0.1, 0.15) is 49.7 Å². The second-order valence-corrected chi connectivity index (χ2v) is 7.98. The van der Waals surface area contributed by atoms with E-state index in [2.05, 4.69) is 36.1 Å². The molecule has 3 aliphatic rings. The Kier molecular flexibility index (Phi) is 4.53. The smallest absolute Gasteiger partial charge is 0.245 e. The monoisotopic (exact) mass is 340 g/mol. The lowest BCUT2D eigenvalue weighted by atomic mass is 10.0. The molecule has 1 aromatic rings. The van der Waals surface area contributed by atoms with Gasteiger partial charge in [-0.25, -0.2) is 0 Å². The van der Waals surface area contributed by atoms with Crippen molar-refractivity contribution in [2.45, 2.75) is 64.0 Å². The highest BCUT2D eigenvalue weighted by Gasteiger charge is 2.43. The van der Waals surface area contributed by atoms with Gasteiger partial charge in [0.1, 0.15) is 6.04 Å². The Labute approximate surface area is 150 Å². The second kappa shape index (κ2) is 6.81. The first-order chi connectivity index (χ1) is 12.1. The van der Waals surface area contributed by atoms with Crippen molar-refractivity contribution in [1.29, 1.82) is 0 Å². The number of amides is 2. The molecule has 25 heavy (non-hydrogen) atoms. The summed E-state index contributed by atoms with van der Waals surface area (Å²) in [5, 5.41) is 0. The van der Waals surface area contributed by atoms with Crippen molar-refractivity contribution in [2.75, 3.05) is 13.1 Å². The number of rotatable bonds is 4. The molecule has 2 saturated heterocycles. The molecular weight excluding hydrogens is 312 g/mol. The molecule has 0 unspecified atom stereocenters. The van der Waals surface area contributed by atoms with Crippen LogP contribution < -0.4 is 0 Å². The third-order valence-corrected chi connectivity index (χ3v) is 6.00. The molecule has 1 aromatic carbocycles. The minimum atomic E-state index is -0.202. The average molecular weight is 340 g/mol. The van der Waals surface area contributed by atoms with E-state index >= 15 is 0 Å². The summed E-state index contributed by atoms with van der Waals surface area (Å²) in [7, 11) is 0. The van der Waals surface area contributed by atoms with Gasteiger partial charge in [-0.3, -0.25) is 9.59 Å². The third-order valence-electron chi connectivity index (χ3n) is 6.00. The van der Waals surface area contributed by atoms with Crippen molar-refractivity contribution in [1.82, 2.24) is 9.80 Å². The van der Waals surface area contributed by atoms with Gasteiger partial charge in [0.25, 0.3) is 0 Å². The van der Waals surface area contributed by atoms with Gasteiger partial charge in [-0.2, -0.15) is 0 Å². The summed E-state index contributed by atoms with van der Waals surface area (Å²) in [5.41, 5.74) is 2.57. The maximum atomic E-state index is 13.2. The largest absolute Gasteiger partial charge is 0.338 e. The van der Waals surface area contributed by atoms with Gasteiger partial charge in [0, 0.05) is 25.0 Å². The molecule has 0 radical (unpaired) electrons. The highest BCUT2D eigenvalue weighted by Crippen LogP contribution is 2.34. The SMILES string of the molecule is Cc1ccc(C[C@@H]2CCCN2C(=O)[C@H]2CCCN2C(=O)C2CC2)cc1. The van der Waals surface area contributed by atoms with Crippen LogP contribution in [-0.2, 0) is 16.0 Å². The van der Waals surface area contributed by atoms with Gasteiger partial charge in [-0.05, 0) is 57.4 Å². The number of nitrogens with zero attached hydrogens (tertiary/aromatic N) is 2. The van der Waals surface area contributed by atoms with Gasteiger partial charge in [-0.1, -0.05) is 29.8 Å². The molecule has 2 aliphatic heterocycles. The minimum absolute atomic E-state index is 0.195. The topological polar surface area (TPSA) is 40.6 Å². The normalized spacial score (nSPS) is 26.3. The van der Waals surface area contributed by atoms with Crippen molar-refractivity contribution in [3.05, 3.63) is 35.4 Å². The molecule has 1 aliphatic carbocycles. The molecule has 4 heteroatoms. The van der Waals surface area contributed by atoms with Crippen LogP contribution in [-0.4, -0.2) is 46.8 Å². The van der Waals surface area contributed by atoms with Crippen LogP contribution in [0.3, 0.4) is 0 Å². The summed E-state index contributed by atoms with van der Waals surface area (Å²) in [4.78, 5) is 29.7. The Morgan fingerprint density at radius 2 is 1.60 bits per heavy atom. The van der Waals surface area contributed by atoms with E-state index < -0.39 is 0 Å². The second-order valence-electron chi connectivity index (χ2n) is 7.98. The van der Waals surface area contributed by atoms with Crippen LogP contribution >= 0.6 is 0 Å². The number of likely N-dealkylation sites (tertiary alicyclic amines) is 2. The summed E-state index contributed by atoms with van der Waals surface area (Å²) in [5.74, 6) is 0.626. The number of aryl methyl sites for hydroxylation is 1. The quantitative estimate of drug-likeness (QED) is 0.845. The van der Waals surface area contributed by atoms with Crippen LogP contribution in [0.2, 0.25) is 0 Å². The zero-order chi connectivity index (χ0) is 17.4. The Morgan fingerprint density at radius 3 is 2.32 bits per heavy atom. The molecule has 0 spiro atoms. The van der Waals surface area contributed by atoms with Crippen molar-refractivity contribution >= 4 is 11.8 Å². The van der Waals surface area contributed by atoms with Crippen LogP contribution in [0.4, 0.5) is 0 Å². The zero-order valence-corrected chi connectivity index (χ0v) is 15.1. The summed E-state index contributed by atoms with van der Waals surface area (Å²) < 4.78 is 0. The van der Waals surface area contributed by atoms with E-state index in [1.165, 1.54) is 11.1 Å². The van der Waals surface area contributed by atoms with E-state index in [0.29, 0.717) is 0 Å². The Bertz CT molecular complexity index is 650. The average Bonchev–Trinajstić information content (AvgIpc) is 3.17. The lowest BCUT2D eigenvalue weighted by Gasteiger charge is -2.31. The minimum Gasteiger partial charge on any atom is -0.338 e. The summed E-state index contributed by atoms with van der Waals surface area (Å²) >= 11 is 0. The first-order valence-electron chi connectivity index (χ1n) is 9.80. The van der Waals surface area contributed by atoms with Gasteiger partial charge >= 0.3 is 0 Å². The van der Waals surface area contributed by atoms with Crippen LogP contribution in [0.25, 0.3) is 0 Å². The maximum Gasteiger partial charge on any atom is 0.245 e. The first-order valence-corrected chi connectivity index (χ1v) is 9.80. The fourth-order valence-corrected chi connectivity index (χ4v) is 4.38. The Hall–Kier alpha value is -1.84. The summed E-state index contributed by atoms with van der Waals surface area (Å²) in [6.45, 7) is 3.71. The fourth-order valence-electron chi connectivity index (χ4n) is 4.38. The molecule has 4 rings (SSSR count). The van der Waals surface area contributed by atoms with E-state index in [1.54, 1.807) is 0 Å². The van der Waals surface area contributed by atoms with Crippen LogP contribution in [0, 0.1) is 12.8 Å². The first kappa shape index (κ1) is 16.6. The standard InChI is InChI=1S/C21H28N2O2/c1-15-6-8-16(9-7-15)14-18-4-2-12-22(18)21(25)19-5-3-13-23(19)20(24)17-10-11-17/h6-9,17-19H,2-5,10-14H2,1H3/t18-,19+/m0/s1. The molecule has 2 atom stereocenters. The number of carbonyl (C=O) groups excluding carboxylic acids is 2. The van der Waals surface area contributed by atoms with E-state index in [0.717, 1.165) is 58.0 Å². The van der Waals surface area contributed by atoms with Gasteiger partial charge < -0.3 is 9.80 Å². The van der Waals surface area contributed by atoms with Crippen molar-refractivity contribution in [3.63, 3.8) is 0 Å². The molecule has 2 heterocycles. The summed E-state index contributed by atoms with van der Waals surface area (Å²) in [6.07, 6.45) is 6.90. The summed E-state index contributed by atoms with van der Waals surface area (Å²) in [6, 6.07) is 8.72. The molecule has 134 valence electrons. The van der Waals surface area contributed by atoms with E-state index in [4.69, 9.17) is 0 Å². The van der Waals surface area contributed by atoms with Crippen LogP contribution in [0.15, 0.2) is 24.3 Å². The van der Waals surface area contributed by atoms with Gasteiger partial charge in [-0.15, -0.1) is 0 Å². The number of hydrogen-bond donors (Lipinski definition) is 0. The Balaban J connectivity index is 1.44. The lowest BCUT2D eigenvalue weighted by Crippen LogP contribution is -2.50. The molecule has 2 amide bonds. The van der Waals surface area contributed by atoms with Crippen molar-refractivity contribution in [2.24, 2.45) is 5.92 Å². The highest BCUT2D eigenvalue weighted by atomic mass is 16.2. The molecule has 0 aromatic heterocycles. The van der Waals surface area contributed by atoms with Gasteiger partial charge in [0.05, 0.1) is 0 Å². The van der Waals surface area contributed by atoms with E-state index in [-0.39, 0.29) is 29.8 Å². The molecule has 0 N–H and O–H groups in total. The van der Waals surface area contributed by atoms with Crippen molar-refractivity contribution in [3.8, 4) is 0 Å². The third kappa shape index (κ3) is 3.44. The molecular formula is C21H28N2O2. The van der Waals surface area contributed by atoms with Gasteiger partial charge in [0.15, 0.2) is 0 Å². The zero-order valence-electron chi connectivity index (χ0n) is 15.1. The number of carbonyl (C=O) groups is 2. The van der Waals surface area contributed by atoms with E-state index in [9.17, 15) is 9.59 Å². The Morgan fingerprint density at radius 1 is 0.920 bits per heavy atom. The van der Waals surface area contributed by atoms with E-state index in [1.807, 2.05) is 4.90 Å². The van der Waals surface area contributed by atoms with Crippen molar-refractivity contribution < 1.29 is 9.59 Å². The fraction of sp³-hybridized carbons (Fsp3) is 0.619. The molecule has 1 saturated carbocycles. The molecule has 4 nitrogen and oxygen atoms in total. The molecule has 3 fully saturated rings.